The number of hydrazone groups is 1. The molecule has 0 saturated heterocycles. The lowest BCUT2D eigenvalue weighted by molar-refractivity contribution is 0.348. The average Bonchev–Trinajstić information content (AvgIpc) is 2.71. The van der Waals surface area contributed by atoms with E-state index < -0.39 is 0 Å². The van der Waals surface area contributed by atoms with Crippen LogP contribution in [-0.2, 0) is 0 Å². The van der Waals surface area contributed by atoms with Gasteiger partial charge in [0.05, 0.1) is 42.8 Å². The van der Waals surface area contributed by atoms with Crippen LogP contribution in [0.15, 0.2) is 53.6 Å². The van der Waals surface area contributed by atoms with Gasteiger partial charge < -0.3 is 14.2 Å². The van der Waals surface area contributed by atoms with E-state index in [-0.39, 0.29) is 6.01 Å². The predicted molar refractivity (Wildman–Crippen MR) is 109 cm³/mol. The van der Waals surface area contributed by atoms with E-state index in [1.807, 2.05) is 0 Å². The van der Waals surface area contributed by atoms with Gasteiger partial charge in [0, 0.05) is 5.02 Å². The van der Waals surface area contributed by atoms with Crippen molar-refractivity contribution in [3.05, 3.63) is 64.1 Å². The summed E-state index contributed by atoms with van der Waals surface area (Å²) in [7, 11) is 2.98. The molecular weight excluding hydrogens is 403 g/mol. The zero-order valence-corrected chi connectivity index (χ0v) is 16.5. The highest BCUT2D eigenvalue weighted by molar-refractivity contribution is 6.33. The number of ether oxygens (including phenoxy) is 3. The molecule has 2 aromatic carbocycles. The van der Waals surface area contributed by atoms with Crippen molar-refractivity contribution < 1.29 is 14.2 Å². The average molecular weight is 419 g/mol. The summed E-state index contributed by atoms with van der Waals surface area (Å²) in [6.07, 6.45) is 1.55. The van der Waals surface area contributed by atoms with Gasteiger partial charge in [-0.3, -0.25) is 5.43 Å². The Morgan fingerprint density at radius 3 is 2.29 bits per heavy atom. The molecule has 0 aliphatic rings. The molecule has 1 N–H and O–H groups in total. The van der Waals surface area contributed by atoms with Gasteiger partial charge in [0.25, 0.3) is 0 Å². The van der Waals surface area contributed by atoms with Crippen LogP contribution in [0.2, 0.25) is 10.0 Å². The minimum Gasteiger partial charge on any atom is -0.481 e. The van der Waals surface area contributed by atoms with Crippen molar-refractivity contribution in [2.45, 2.75) is 0 Å². The largest absolute Gasteiger partial charge is 0.481 e. The van der Waals surface area contributed by atoms with Gasteiger partial charge in [0.1, 0.15) is 5.75 Å². The van der Waals surface area contributed by atoms with Crippen LogP contribution in [0.3, 0.4) is 0 Å². The summed E-state index contributed by atoms with van der Waals surface area (Å²) in [6, 6.07) is 13.9. The third kappa shape index (κ3) is 5.03. The Hall–Kier alpha value is -3.03. The van der Waals surface area contributed by atoms with E-state index in [4.69, 9.17) is 37.4 Å². The molecule has 0 saturated carbocycles. The molecule has 0 fully saturated rings. The smallest absolute Gasteiger partial charge is 0.328 e. The van der Waals surface area contributed by atoms with Crippen molar-refractivity contribution in [2.24, 2.45) is 5.10 Å². The van der Waals surface area contributed by atoms with Gasteiger partial charge in [-0.05, 0) is 36.4 Å². The fourth-order valence-corrected chi connectivity index (χ4v) is 2.50. The van der Waals surface area contributed by atoms with Gasteiger partial charge in [-0.15, -0.1) is 0 Å². The number of hydrogen-bond donors (Lipinski definition) is 1. The quantitative estimate of drug-likeness (QED) is 0.427. The summed E-state index contributed by atoms with van der Waals surface area (Å²) in [4.78, 5) is 8.30. The van der Waals surface area contributed by atoms with E-state index in [0.717, 1.165) is 5.69 Å². The summed E-state index contributed by atoms with van der Waals surface area (Å²) in [5, 5.41) is 5.30. The van der Waals surface area contributed by atoms with Crippen LogP contribution in [0.25, 0.3) is 0 Å². The topological polar surface area (TPSA) is 77.9 Å². The van der Waals surface area contributed by atoms with E-state index >= 15 is 0 Å². The summed E-state index contributed by atoms with van der Waals surface area (Å²) in [5.74, 6) is 1.04. The third-order valence-corrected chi connectivity index (χ3v) is 4.10. The van der Waals surface area contributed by atoms with Crippen molar-refractivity contribution >= 4 is 35.1 Å². The van der Waals surface area contributed by atoms with E-state index in [1.54, 1.807) is 54.7 Å². The minimum atomic E-state index is 0.0544. The van der Waals surface area contributed by atoms with E-state index in [2.05, 4.69) is 20.5 Å². The SMILES string of the molecule is COc1cc(OC)nc(Oc2cccc(Cl)c2/C=N\Nc2ccc(Cl)cc2)n1. The normalized spacial score (nSPS) is 10.7. The Bertz CT molecular complexity index is 959. The molecule has 0 atom stereocenters. The molecule has 0 spiro atoms. The maximum atomic E-state index is 6.31. The maximum Gasteiger partial charge on any atom is 0.328 e. The highest BCUT2D eigenvalue weighted by Gasteiger charge is 2.12. The van der Waals surface area contributed by atoms with Crippen LogP contribution in [0.5, 0.6) is 23.5 Å². The molecule has 0 aliphatic heterocycles. The monoisotopic (exact) mass is 418 g/mol. The Balaban J connectivity index is 1.84. The van der Waals surface area contributed by atoms with E-state index in [1.165, 1.54) is 14.2 Å². The minimum absolute atomic E-state index is 0.0544. The van der Waals surface area contributed by atoms with Gasteiger partial charge in [0.15, 0.2) is 0 Å². The molecule has 3 aromatic rings. The van der Waals surface area contributed by atoms with E-state index in [0.29, 0.717) is 33.1 Å². The summed E-state index contributed by atoms with van der Waals surface area (Å²) in [6.45, 7) is 0. The lowest BCUT2D eigenvalue weighted by Gasteiger charge is -2.10. The van der Waals surface area contributed by atoms with Crippen LogP contribution in [0.4, 0.5) is 5.69 Å². The molecule has 144 valence electrons. The van der Waals surface area contributed by atoms with E-state index in [9.17, 15) is 0 Å². The lowest BCUT2D eigenvalue weighted by Crippen LogP contribution is -2.00. The number of hydrogen-bond acceptors (Lipinski definition) is 7. The Kier molecular flexibility index (Phi) is 6.52. The van der Waals surface area contributed by atoms with Crippen LogP contribution < -0.4 is 19.6 Å². The van der Waals surface area contributed by atoms with Gasteiger partial charge in [-0.1, -0.05) is 29.3 Å². The second-order valence-corrected chi connectivity index (χ2v) is 6.21. The number of rotatable bonds is 7. The second-order valence-electron chi connectivity index (χ2n) is 5.37. The number of nitrogens with zero attached hydrogens (tertiary/aromatic N) is 3. The third-order valence-electron chi connectivity index (χ3n) is 3.52. The highest BCUT2D eigenvalue weighted by atomic mass is 35.5. The lowest BCUT2D eigenvalue weighted by atomic mass is 10.2. The summed E-state index contributed by atoms with van der Waals surface area (Å²) >= 11 is 12.2. The second kappa shape index (κ2) is 9.25. The Labute approximate surface area is 171 Å². The van der Waals surface area contributed by atoms with Crippen molar-refractivity contribution in [3.8, 4) is 23.5 Å². The van der Waals surface area contributed by atoms with Crippen molar-refractivity contribution in [1.82, 2.24) is 9.97 Å². The first-order chi connectivity index (χ1) is 13.6. The molecular formula is C19H16Cl2N4O3. The molecule has 3 rings (SSSR count). The molecule has 1 heterocycles. The van der Waals surface area contributed by atoms with Crippen LogP contribution in [0, 0.1) is 0 Å². The molecule has 1 aromatic heterocycles. The summed E-state index contributed by atoms with van der Waals surface area (Å²) < 4.78 is 16.0. The number of aromatic nitrogens is 2. The maximum absolute atomic E-state index is 6.31. The van der Waals surface area contributed by atoms with Gasteiger partial charge in [-0.25, -0.2) is 0 Å². The fourth-order valence-electron chi connectivity index (χ4n) is 2.16. The molecule has 0 aliphatic carbocycles. The molecule has 28 heavy (non-hydrogen) atoms. The van der Waals surface area contributed by atoms with Gasteiger partial charge >= 0.3 is 6.01 Å². The summed E-state index contributed by atoms with van der Waals surface area (Å²) in [5.41, 5.74) is 4.23. The first-order valence-corrected chi connectivity index (χ1v) is 8.82. The first-order valence-electron chi connectivity index (χ1n) is 8.07. The van der Waals surface area contributed by atoms with Crippen LogP contribution >= 0.6 is 23.2 Å². The number of benzene rings is 2. The Morgan fingerprint density at radius 1 is 0.964 bits per heavy atom. The molecule has 0 unspecified atom stereocenters. The predicted octanol–water partition coefficient (Wildman–Crippen LogP) is 5.04. The zero-order valence-electron chi connectivity index (χ0n) is 15.0. The van der Waals surface area contributed by atoms with Gasteiger partial charge in [-0.2, -0.15) is 15.1 Å². The number of nitrogens with one attached hydrogen (secondary N) is 1. The van der Waals surface area contributed by atoms with Crippen molar-refractivity contribution in [3.63, 3.8) is 0 Å². The van der Waals surface area contributed by atoms with Crippen LogP contribution in [-0.4, -0.2) is 30.4 Å². The molecule has 0 radical (unpaired) electrons. The van der Waals surface area contributed by atoms with Crippen molar-refractivity contribution in [1.29, 1.82) is 0 Å². The molecule has 0 amide bonds. The molecule has 0 bridgehead atoms. The number of halogens is 2. The zero-order chi connectivity index (χ0) is 19.9. The first kappa shape index (κ1) is 19.7. The van der Waals surface area contributed by atoms with Gasteiger partial charge in [0.2, 0.25) is 11.8 Å². The Morgan fingerprint density at radius 2 is 1.64 bits per heavy atom. The van der Waals surface area contributed by atoms with Crippen LogP contribution in [0.1, 0.15) is 5.56 Å². The highest BCUT2D eigenvalue weighted by Crippen LogP contribution is 2.29. The standard InChI is InChI=1S/C19H16Cl2N4O3/c1-26-17-10-18(27-2)24-19(23-17)28-16-5-3-4-15(21)14(16)11-22-25-13-8-6-12(20)7-9-13/h3-11,25H,1-2H3/b22-11-. The van der Waals surface area contributed by atoms with Crippen molar-refractivity contribution in [2.75, 3.05) is 19.6 Å². The number of anilines is 1. The molecule has 7 nitrogen and oxygen atoms in total. The fraction of sp³-hybridized carbons (Fsp3) is 0.105. The number of methoxy groups -OCH3 is 2. The molecule has 9 heteroatoms.